The molecule has 6 aromatic carbocycles. The maximum absolute atomic E-state index is 2.46. The number of rotatable bonds is 12. The predicted molar refractivity (Wildman–Crippen MR) is 346 cm³/mol. The smallest absolute Gasteiger partial charge is 0.0398 e. The summed E-state index contributed by atoms with van der Waals surface area (Å²) in [6, 6.07) is 47.8. The zero-order valence-corrected chi connectivity index (χ0v) is 54.8. The van der Waals surface area contributed by atoms with Crippen molar-refractivity contribution in [3.05, 3.63) is 214 Å². The van der Waals surface area contributed by atoms with Crippen LogP contribution in [0.4, 0.5) is 0 Å². The van der Waals surface area contributed by atoms with Crippen molar-refractivity contribution in [2.75, 3.05) is 0 Å². The van der Waals surface area contributed by atoms with Gasteiger partial charge in [0, 0.05) is 0 Å². The van der Waals surface area contributed by atoms with Crippen molar-refractivity contribution in [3.63, 3.8) is 0 Å². The molecular weight excluding hydrogens is 1040 g/mol. The largest absolute Gasteiger partial charge is 0.187 e. The number of aryl methyl sites for hydroxylation is 2. The van der Waals surface area contributed by atoms with Crippen LogP contribution in [0.2, 0.25) is 0 Å². The SMILES string of the molecule is CC(C)c1cccc(C(C)C)c1-n1cc[n+](-c2c(C(C)C)cccc2C(C)C)[c]1[GeH2].CC(C)c1cccc(C(C)C)c1-n1cc[n+](-c2c(C(C)C)cccc2C(C)C)[c]1[GeH2].Cc1ccccc1.Cc1ccccc1.[BH3-].[BH3-]. The number of para-hydroxylation sites is 4. The Bertz CT molecular complexity index is 2540. The van der Waals surface area contributed by atoms with E-state index >= 15 is 0 Å². The third-order valence-corrected chi connectivity index (χ3v) is 16.9. The van der Waals surface area contributed by atoms with Gasteiger partial charge in [-0.3, -0.25) is 0 Å². The van der Waals surface area contributed by atoms with Crippen LogP contribution in [0.1, 0.15) is 214 Å². The van der Waals surface area contributed by atoms with Crippen LogP contribution in [0.5, 0.6) is 0 Å². The van der Waals surface area contributed by atoms with Crippen LogP contribution in [0, 0.1) is 13.8 Å². The molecule has 404 valence electrons. The average Bonchev–Trinajstić information content (AvgIpc) is 3.94. The van der Waals surface area contributed by atoms with Gasteiger partial charge >= 0.3 is 384 Å². The average molecular weight is 1140 g/mol. The van der Waals surface area contributed by atoms with E-state index in [-0.39, 0.29) is 16.8 Å². The molecule has 8 aromatic rings. The zero-order valence-electron chi connectivity index (χ0n) is 48.8. The number of hydrogen-bond acceptors (Lipinski definition) is 0. The number of benzene rings is 6. The molecular formula is C68H98B2Ge2N4. The molecule has 0 bridgehead atoms. The molecule has 76 heavy (non-hydrogen) atoms. The molecule has 8 heteroatoms. The van der Waals surface area contributed by atoms with Gasteiger partial charge in [0.1, 0.15) is 0 Å². The van der Waals surface area contributed by atoms with Crippen LogP contribution in [0.3, 0.4) is 0 Å². The molecule has 0 spiro atoms. The van der Waals surface area contributed by atoms with E-state index < -0.39 is 0 Å². The fourth-order valence-electron chi connectivity index (χ4n) is 9.89. The molecule has 2 heterocycles. The number of hydrogen-bond donors (Lipinski definition) is 0. The summed E-state index contributed by atoms with van der Waals surface area (Å²) in [7, 11) is 0. The summed E-state index contributed by atoms with van der Waals surface area (Å²) in [4.78, 5) is 0. The molecule has 2 aromatic heterocycles. The Labute approximate surface area is 482 Å². The molecule has 0 saturated carbocycles. The van der Waals surface area contributed by atoms with Crippen molar-refractivity contribution in [1.29, 1.82) is 0 Å². The minimum Gasteiger partial charge on any atom is -0.187 e. The van der Waals surface area contributed by atoms with Crippen LogP contribution in [-0.4, -0.2) is 59.0 Å². The third kappa shape index (κ3) is 16.0. The van der Waals surface area contributed by atoms with Crippen molar-refractivity contribution >= 4 is 59.2 Å². The second kappa shape index (κ2) is 30.2. The van der Waals surface area contributed by atoms with Gasteiger partial charge in [-0.2, -0.15) is 16.8 Å². The minimum absolute atomic E-state index is 0. The first-order valence-corrected chi connectivity index (χ1v) is 30.5. The number of aromatic nitrogens is 4. The molecule has 0 aliphatic heterocycles. The molecule has 0 N–H and O–H groups in total. The summed E-state index contributed by atoms with van der Waals surface area (Å²) in [5.41, 5.74) is 19.6. The Morgan fingerprint density at radius 3 is 0.697 bits per heavy atom. The molecule has 0 aliphatic carbocycles. The molecule has 0 fully saturated rings. The van der Waals surface area contributed by atoms with Crippen molar-refractivity contribution in [1.82, 2.24) is 9.13 Å². The number of imidazole rings is 2. The van der Waals surface area contributed by atoms with Gasteiger partial charge in [-0.25, -0.2) is 0 Å². The molecule has 0 saturated heterocycles. The normalized spacial score (nSPS) is 11.1. The van der Waals surface area contributed by atoms with E-state index in [0.29, 0.717) is 47.3 Å². The first-order valence-electron chi connectivity index (χ1n) is 27.5. The van der Waals surface area contributed by atoms with Gasteiger partial charge in [0.15, 0.2) is 0 Å². The van der Waals surface area contributed by atoms with Crippen LogP contribution >= 0.6 is 0 Å². The van der Waals surface area contributed by atoms with E-state index in [4.69, 9.17) is 0 Å². The Hall–Kier alpha value is -5.04. The zero-order chi connectivity index (χ0) is 54.6. The van der Waals surface area contributed by atoms with Gasteiger partial charge in [0.05, 0.1) is 0 Å². The number of nitrogens with zero attached hydrogens (tertiary/aromatic N) is 4. The van der Waals surface area contributed by atoms with E-state index in [2.05, 4.69) is 265 Å². The van der Waals surface area contributed by atoms with E-state index in [1.54, 1.807) is 0 Å². The van der Waals surface area contributed by atoms with Crippen molar-refractivity contribution in [3.8, 4) is 22.7 Å². The molecule has 4 radical (unpaired) electrons. The fraction of sp³-hybridized carbons (Fsp3) is 0.382. The second-order valence-electron chi connectivity index (χ2n) is 22.6. The molecule has 0 aliphatic rings. The molecule has 4 nitrogen and oxygen atoms in total. The minimum atomic E-state index is 0. The van der Waals surface area contributed by atoms with E-state index in [1.807, 2.05) is 36.4 Å². The fourth-order valence-corrected chi connectivity index (χ4v) is 12.1. The summed E-state index contributed by atoms with van der Waals surface area (Å²) in [5, 5.41) is 0. The maximum atomic E-state index is 2.46. The van der Waals surface area contributed by atoms with Crippen molar-refractivity contribution < 1.29 is 9.13 Å². The maximum Gasteiger partial charge on any atom is -0.0398 e. The van der Waals surface area contributed by atoms with Crippen LogP contribution in [-0.2, 0) is 0 Å². The Balaban J connectivity index is 0.000000311. The first kappa shape index (κ1) is 65.2. The van der Waals surface area contributed by atoms with E-state index in [1.165, 1.54) is 87.7 Å². The Morgan fingerprint density at radius 1 is 0.303 bits per heavy atom. The van der Waals surface area contributed by atoms with Gasteiger partial charge in [-0.15, -0.1) is 0 Å². The van der Waals surface area contributed by atoms with Crippen molar-refractivity contribution in [2.45, 2.75) is 172 Å². The van der Waals surface area contributed by atoms with E-state index in [9.17, 15) is 0 Å². The van der Waals surface area contributed by atoms with Crippen LogP contribution in [0.25, 0.3) is 22.7 Å². The third-order valence-electron chi connectivity index (χ3n) is 14.1. The van der Waals surface area contributed by atoms with E-state index in [0.717, 1.165) is 33.0 Å². The van der Waals surface area contributed by atoms with Gasteiger partial charge < -0.3 is 0 Å². The van der Waals surface area contributed by atoms with Gasteiger partial charge in [0.25, 0.3) is 0 Å². The van der Waals surface area contributed by atoms with Crippen LogP contribution in [0.15, 0.2) is 158 Å². The summed E-state index contributed by atoms with van der Waals surface area (Å²) in [6.07, 6.45) is 9.14. The first-order chi connectivity index (χ1) is 35.1. The second-order valence-corrected chi connectivity index (χ2v) is 25.2. The van der Waals surface area contributed by atoms with Gasteiger partial charge in [-0.1, -0.05) is 71.8 Å². The predicted octanol–water partition coefficient (Wildman–Crippen LogP) is 12.6. The summed E-state index contributed by atoms with van der Waals surface area (Å²) in [6.45, 7) is 41.0. The Kier molecular flexibility index (Phi) is 25.9. The molecule has 0 amide bonds. The molecule has 0 unspecified atom stereocenters. The van der Waals surface area contributed by atoms with Crippen molar-refractivity contribution in [2.24, 2.45) is 0 Å². The standard InChI is InChI=1S/2C27H38GeN2.2C7H8.2BH3/c2*1-17(2)21-11-9-12-22(18(3)4)25(21)29-15-16-30(27(29)28)26-23(19(5)6)13-10-14-24(26)20(7)8;2*1-7-5-3-2-4-6-7;;/h2*9-20H,28H2,1-8H3;2*2-6H,1H3;2*1H3/q2*+1;;;2*-1. The quantitative estimate of drug-likeness (QED) is 0.0857. The summed E-state index contributed by atoms with van der Waals surface area (Å²) < 4.78 is 12.6. The Morgan fingerprint density at radius 2 is 0.513 bits per heavy atom. The van der Waals surface area contributed by atoms with Gasteiger partial charge in [-0.05, 0) is 13.8 Å². The summed E-state index contributed by atoms with van der Waals surface area (Å²) >= 11 is 2.20. The van der Waals surface area contributed by atoms with Crippen LogP contribution < -0.4 is 18.4 Å². The topological polar surface area (TPSA) is 17.6 Å². The summed E-state index contributed by atoms with van der Waals surface area (Å²) in [5.74, 6) is 3.91. The van der Waals surface area contributed by atoms with Gasteiger partial charge in [0.2, 0.25) is 0 Å². The molecule has 8 rings (SSSR count). The molecule has 0 atom stereocenters. The monoisotopic (exact) mass is 1140 g/mol.